The molecule has 0 spiro atoms. The zero-order valence-electron chi connectivity index (χ0n) is 17.0. The lowest BCUT2D eigenvalue weighted by atomic mass is 9.84. The highest BCUT2D eigenvalue weighted by atomic mass is 35.5. The quantitative estimate of drug-likeness (QED) is 0.651. The first-order valence-electron chi connectivity index (χ1n) is 10.5. The molecule has 2 aromatic rings. The molecular weight excluding hydrogens is 420 g/mol. The van der Waals surface area contributed by atoms with Crippen LogP contribution in [0.4, 0.5) is 5.69 Å². The van der Waals surface area contributed by atoms with Crippen molar-refractivity contribution in [3.05, 3.63) is 59.1 Å². The molecule has 2 bridgehead atoms. The van der Waals surface area contributed by atoms with Gasteiger partial charge in [0.1, 0.15) is 0 Å². The smallest absolute Gasteiger partial charge is 0.240 e. The van der Waals surface area contributed by atoms with E-state index in [0.717, 1.165) is 17.9 Å². The summed E-state index contributed by atoms with van der Waals surface area (Å²) in [5, 5.41) is 3.42. The van der Waals surface area contributed by atoms with E-state index in [-0.39, 0.29) is 23.3 Å². The number of hydrogen-bond acceptors (Lipinski definition) is 3. The van der Waals surface area contributed by atoms with Crippen molar-refractivity contribution in [2.24, 2.45) is 17.8 Å². The second-order valence-electron chi connectivity index (χ2n) is 8.62. The van der Waals surface area contributed by atoms with Crippen molar-refractivity contribution in [2.75, 3.05) is 5.32 Å². The first kappa shape index (κ1) is 21.3. The van der Waals surface area contributed by atoms with Crippen molar-refractivity contribution in [1.82, 2.24) is 4.72 Å². The minimum absolute atomic E-state index is 0.0657. The van der Waals surface area contributed by atoms with Crippen LogP contribution in [0.5, 0.6) is 0 Å². The summed E-state index contributed by atoms with van der Waals surface area (Å²) < 4.78 is 28.5. The maximum absolute atomic E-state index is 12.8. The van der Waals surface area contributed by atoms with Crippen LogP contribution in [-0.4, -0.2) is 20.4 Å². The van der Waals surface area contributed by atoms with Crippen LogP contribution in [0.15, 0.2) is 53.4 Å². The summed E-state index contributed by atoms with van der Waals surface area (Å²) >= 11 is 5.86. The van der Waals surface area contributed by atoms with Crippen LogP contribution < -0.4 is 10.0 Å². The van der Waals surface area contributed by atoms with E-state index in [4.69, 9.17) is 11.6 Å². The zero-order valence-corrected chi connectivity index (χ0v) is 18.5. The fourth-order valence-electron chi connectivity index (χ4n) is 5.02. The van der Waals surface area contributed by atoms with Gasteiger partial charge in [0, 0.05) is 16.8 Å². The molecule has 2 aliphatic carbocycles. The van der Waals surface area contributed by atoms with Gasteiger partial charge in [-0.3, -0.25) is 4.79 Å². The molecule has 0 radical (unpaired) electrons. The van der Waals surface area contributed by atoms with Gasteiger partial charge in [-0.25, -0.2) is 13.1 Å². The van der Waals surface area contributed by atoms with E-state index in [1.807, 2.05) is 6.92 Å². The molecule has 2 aliphatic rings. The number of carbonyl (C=O) groups is 1. The van der Waals surface area contributed by atoms with E-state index in [1.54, 1.807) is 36.4 Å². The Bertz CT molecular complexity index is 1010. The van der Waals surface area contributed by atoms with Gasteiger partial charge in [-0.15, -0.1) is 0 Å². The zero-order chi connectivity index (χ0) is 21.3. The fourth-order valence-corrected chi connectivity index (χ4v) is 6.44. The monoisotopic (exact) mass is 446 g/mol. The number of anilines is 1. The Labute approximate surface area is 183 Å². The SMILES string of the molecule is C[C@@H](NS(=O)(=O)c1ccc(NC(=O)Cc2ccc(Cl)cc2)cc1)[C@H]1C[C@H]2CC[C@H]1C2. The van der Waals surface area contributed by atoms with Crippen molar-refractivity contribution in [1.29, 1.82) is 0 Å². The summed E-state index contributed by atoms with van der Waals surface area (Å²) in [6.07, 6.45) is 5.13. The topological polar surface area (TPSA) is 75.3 Å². The van der Waals surface area contributed by atoms with Gasteiger partial charge in [0.2, 0.25) is 15.9 Å². The summed E-state index contributed by atoms with van der Waals surface area (Å²) in [6.45, 7) is 1.98. The van der Waals surface area contributed by atoms with Crippen LogP contribution in [0.25, 0.3) is 0 Å². The number of halogens is 1. The Morgan fingerprint density at radius 2 is 1.77 bits per heavy atom. The third kappa shape index (κ3) is 4.88. The average Bonchev–Trinajstić information content (AvgIpc) is 3.33. The first-order chi connectivity index (χ1) is 14.3. The predicted molar refractivity (Wildman–Crippen MR) is 119 cm³/mol. The number of rotatable bonds is 7. The molecule has 0 aliphatic heterocycles. The molecule has 2 saturated carbocycles. The van der Waals surface area contributed by atoms with E-state index in [1.165, 1.54) is 31.4 Å². The number of sulfonamides is 1. The number of benzene rings is 2. The molecule has 0 aromatic heterocycles. The first-order valence-corrected chi connectivity index (χ1v) is 12.3. The Morgan fingerprint density at radius 3 is 2.37 bits per heavy atom. The van der Waals surface area contributed by atoms with Crippen molar-refractivity contribution in [3.8, 4) is 0 Å². The van der Waals surface area contributed by atoms with Crippen LogP contribution >= 0.6 is 11.6 Å². The molecule has 30 heavy (non-hydrogen) atoms. The van der Waals surface area contributed by atoms with Crippen LogP contribution in [0.3, 0.4) is 0 Å². The van der Waals surface area contributed by atoms with Crippen LogP contribution in [0, 0.1) is 17.8 Å². The van der Waals surface area contributed by atoms with Crippen LogP contribution in [0.2, 0.25) is 5.02 Å². The Kier molecular flexibility index (Phi) is 6.19. The lowest BCUT2D eigenvalue weighted by molar-refractivity contribution is -0.115. The lowest BCUT2D eigenvalue weighted by Gasteiger charge is -2.28. The number of hydrogen-bond donors (Lipinski definition) is 2. The number of nitrogens with one attached hydrogen (secondary N) is 2. The molecule has 5 nitrogen and oxygen atoms in total. The van der Waals surface area contributed by atoms with Crippen LogP contribution in [-0.2, 0) is 21.2 Å². The van der Waals surface area contributed by atoms with Crippen molar-refractivity contribution >= 4 is 33.2 Å². The summed E-state index contributed by atoms with van der Waals surface area (Å²) in [5.41, 5.74) is 1.42. The van der Waals surface area contributed by atoms with Gasteiger partial charge in [-0.1, -0.05) is 30.2 Å². The molecule has 4 atom stereocenters. The minimum Gasteiger partial charge on any atom is -0.326 e. The number of amides is 1. The molecule has 1 amide bonds. The molecule has 0 saturated heterocycles. The van der Waals surface area contributed by atoms with E-state index in [9.17, 15) is 13.2 Å². The number of fused-ring (bicyclic) bond motifs is 2. The molecule has 0 heterocycles. The van der Waals surface area contributed by atoms with E-state index >= 15 is 0 Å². The molecule has 7 heteroatoms. The third-order valence-electron chi connectivity index (χ3n) is 6.50. The molecule has 0 unspecified atom stereocenters. The molecule has 2 fully saturated rings. The summed E-state index contributed by atoms with van der Waals surface area (Å²) in [5.74, 6) is 1.70. The van der Waals surface area contributed by atoms with Gasteiger partial charge >= 0.3 is 0 Å². The molecule has 4 rings (SSSR count). The van der Waals surface area contributed by atoms with E-state index in [2.05, 4.69) is 10.0 Å². The maximum Gasteiger partial charge on any atom is 0.240 e. The summed E-state index contributed by atoms with van der Waals surface area (Å²) in [7, 11) is -3.59. The number of carbonyl (C=O) groups excluding carboxylic acids is 1. The third-order valence-corrected chi connectivity index (χ3v) is 8.33. The Morgan fingerprint density at radius 1 is 1.07 bits per heavy atom. The summed E-state index contributed by atoms with van der Waals surface area (Å²) in [4.78, 5) is 12.4. The molecule has 160 valence electrons. The lowest BCUT2D eigenvalue weighted by Crippen LogP contribution is -2.40. The van der Waals surface area contributed by atoms with Gasteiger partial charge < -0.3 is 5.32 Å². The molecule has 2 aromatic carbocycles. The molecular formula is C23H27ClN2O3S. The second-order valence-corrected chi connectivity index (χ2v) is 10.8. The van der Waals surface area contributed by atoms with E-state index in [0.29, 0.717) is 22.5 Å². The Hall–Kier alpha value is -1.89. The minimum atomic E-state index is -3.59. The second kappa shape index (κ2) is 8.69. The fraction of sp³-hybridized carbons (Fsp3) is 0.435. The highest BCUT2D eigenvalue weighted by molar-refractivity contribution is 7.89. The standard InChI is InChI=1S/C23H27ClN2O3S/c1-15(22-13-17-2-5-18(22)12-17)26-30(28,29)21-10-8-20(9-11-21)25-23(27)14-16-3-6-19(24)7-4-16/h3-4,6-11,15,17-18,22,26H,2,5,12-14H2,1H3,(H,25,27)/t15-,17+,18+,22-/m1/s1. The van der Waals surface area contributed by atoms with E-state index < -0.39 is 10.0 Å². The Balaban J connectivity index is 1.35. The van der Waals surface area contributed by atoms with Gasteiger partial charge in [-0.05, 0) is 85.9 Å². The highest BCUT2D eigenvalue weighted by Crippen LogP contribution is 2.49. The average molecular weight is 447 g/mol. The maximum atomic E-state index is 12.8. The predicted octanol–water partition coefficient (Wildman–Crippen LogP) is 4.62. The van der Waals surface area contributed by atoms with Crippen molar-refractivity contribution in [2.45, 2.75) is 50.0 Å². The van der Waals surface area contributed by atoms with Gasteiger partial charge in [0.15, 0.2) is 0 Å². The normalized spacial score (nSPS) is 24.0. The molecule has 2 N–H and O–H groups in total. The van der Waals surface area contributed by atoms with Gasteiger partial charge in [0.25, 0.3) is 0 Å². The van der Waals surface area contributed by atoms with Crippen molar-refractivity contribution < 1.29 is 13.2 Å². The van der Waals surface area contributed by atoms with Gasteiger partial charge in [0.05, 0.1) is 11.3 Å². The highest BCUT2D eigenvalue weighted by Gasteiger charge is 2.42. The van der Waals surface area contributed by atoms with Crippen molar-refractivity contribution in [3.63, 3.8) is 0 Å². The van der Waals surface area contributed by atoms with Gasteiger partial charge in [-0.2, -0.15) is 0 Å². The summed E-state index contributed by atoms with van der Waals surface area (Å²) in [6, 6.07) is 13.3. The largest absolute Gasteiger partial charge is 0.326 e. The van der Waals surface area contributed by atoms with Crippen LogP contribution in [0.1, 0.15) is 38.2 Å².